The van der Waals surface area contributed by atoms with Crippen molar-refractivity contribution in [2.45, 2.75) is 13.5 Å². The quantitative estimate of drug-likeness (QED) is 0.518. The molecule has 2 aromatic rings. The minimum Gasteiger partial charge on any atom is -0.465 e. The van der Waals surface area contributed by atoms with Crippen LogP contribution in [0.4, 0.5) is 0 Å². The number of furan rings is 1. The maximum absolute atomic E-state index is 12.1. The predicted octanol–water partition coefficient (Wildman–Crippen LogP) is 2.60. The molecule has 1 aromatic heterocycles. The molecular weight excluding hydrogens is 308 g/mol. The van der Waals surface area contributed by atoms with Gasteiger partial charge in [0.15, 0.2) is 0 Å². The number of benzene rings is 1. The third-order valence-electron chi connectivity index (χ3n) is 3.29. The lowest BCUT2D eigenvalue weighted by Gasteiger charge is -2.03. The Labute approximate surface area is 139 Å². The molecular formula is C18H16N2O4. The fourth-order valence-corrected chi connectivity index (χ4v) is 2.05. The SMILES string of the molecule is COC(=O)c1cc(/C=C(\C#N)C(=O)NCc2ccccc2)oc1C. The molecule has 0 aliphatic heterocycles. The van der Waals surface area contributed by atoms with E-state index in [0.29, 0.717) is 12.3 Å². The average molecular weight is 324 g/mol. The monoisotopic (exact) mass is 324 g/mol. The molecule has 0 bridgehead atoms. The van der Waals surface area contributed by atoms with Gasteiger partial charge in [-0.1, -0.05) is 30.3 Å². The smallest absolute Gasteiger partial charge is 0.341 e. The van der Waals surface area contributed by atoms with Gasteiger partial charge in [-0.05, 0) is 18.6 Å². The van der Waals surface area contributed by atoms with Crippen LogP contribution in [-0.2, 0) is 16.1 Å². The molecule has 0 aliphatic carbocycles. The lowest BCUT2D eigenvalue weighted by molar-refractivity contribution is -0.117. The number of nitriles is 1. The van der Waals surface area contributed by atoms with E-state index in [-0.39, 0.29) is 16.9 Å². The van der Waals surface area contributed by atoms with Gasteiger partial charge in [0, 0.05) is 12.6 Å². The number of rotatable bonds is 5. The normalized spacial score (nSPS) is 10.8. The van der Waals surface area contributed by atoms with Crippen LogP contribution in [0.25, 0.3) is 6.08 Å². The Bertz CT molecular complexity index is 813. The molecule has 0 saturated carbocycles. The summed E-state index contributed by atoms with van der Waals surface area (Å²) >= 11 is 0. The van der Waals surface area contributed by atoms with Crippen LogP contribution in [-0.4, -0.2) is 19.0 Å². The van der Waals surface area contributed by atoms with Crippen molar-refractivity contribution in [1.82, 2.24) is 5.32 Å². The van der Waals surface area contributed by atoms with Crippen molar-refractivity contribution in [3.63, 3.8) is 0 Å². The van der Waals surface area contributed by atoms with Gasteiger partial charge in [-0.3, -0.25) is 4.79 Å². The highest BCUT2D eigenvalue weighted by molar-refractivity contribution is 6.01. The standard InChI is InChI=1S/C18H16N2O4/c1-12-16(18(22)23-2)9-15(24-12)8-14(10-19)17(21)20-11-13-6-4-3-5-7-13/h3-9H,11H2,1-2H3,(H,20,21)/b14-8+. The first kappa shape index (κ1) is 17.0. The summed E-state index contributed by atoms with van der Waals surface area (Å²) in [6.07, 6.45) is 1.29. The van der Waals surface area contributed by atoms with Gasteiger partial charge in [0.1, 0.15) is 28.7 Å². The van der Waals surface area contributed by atoms with Crippen LogP contribution in [0.15, 0.2) is 46.4 Å². The van der Waals surface area contributed by atoms with Gasteiger partial charge in [-0.2, -0.15) is 5.26 Å². The second-order valence-electron chi connectivity index (χ2n) is 4.95. The molecule has 24 heavy (non-hydrogen) atoms. The van der Waals surface area contributed by atoms with Gasteiger partial charge in [0.25, 0.3) is 5.91 Å². The predicted molar refractivity (Wildman–Crippen MR) is 86.7 cm³/mol. The Morgan fingerprint density at radius 2 is 2.04 bits per heavy atom. The number of carbonyl (C=O) groups excluding carboxylic acids is 2. The average Bonchev–Trinajstić information content (AvgIpc) is 2.98. The molecule has 0 spiro atoms. The molecule has 1 aromatic carbocycles. The van der Waals surface area contributed by atoms with Crippen LogP contribution in [0.5, 0.6) is 0 Å². The number of carbonyl (C=O) groups is 2. The third kappa shape index (κ3) is 4.11. The summed E-state index contributed by atoms with van der Waals surface area (Å²) in [7, 11) is 1.27. The van der Waals surface area contributed by atoms with Gasteiger partial charge in [-0.15, -0.1) is 0 Å². The zero-order valence-corrected chi connectivity index (χ0v) is 13.3. The lowest BCUT2D eigenvalue weighted by Crippen LogP contribution is -2.23. The zero-order chi connectivity index (χ0) is 17.5. The molecule has 0 atom stereocenters. The first-order valence-corrected chi connectivity index (χ1v) is 7.17. The Morgan fingerprint density at radius 3 is 2.67 bits per heavy atom. The molecule has 1 N–H and O–H groups in total. The summed E-state index contributed by atoms with van der Waals surface area (Å²) < 4.78 is 10.0. The van der Waals surface area contributed by atoms with Crippen molar-refractivity contribution in [3.05, 3.63) is 64.6 Å². The summed E-state index contributed by atoms with van der Waals surface area (Å²) in [5, 5.41) is 11.8. The summed E-state index contributed by atoms with van der Waals surface area (Å²) in [4.78, 5) is 23.6. The minimum absolute atomic E-state index is 0.115. The van der Waals surface area contributed by atoms with Crippen molar-refractivity contribution >= 4 is 18.0 Å². The minimum atomic E-state index is -0.539. The highest BCUT2D eigenvalue weighted by atomic mass is 16.5. The molecule has 0 unspecified atom stereocenters. The zero-order valence-electron chi connectivity index (χ0n) is 13.3. The highest BCUT2D eigenvalue weighted by Crippen LogP contribution is 2.18. The van der Waals surface area contributed by atoms with Crippen LogP contribution >= 0.6 is 0 Å². The number of aryl methyl sites for hydroxylation is 1. The second-order valence-corrected chi connectivity index (χ2v) is 4.95. The van der Waals surface area contributed by atoms with E-state index in [4.69, 9.17) is 4.42 Å². The summed E-state index contributed by atoms with van der Waals surface area (Å²) in [5.74, 6) is -0.465. The molecule has 122 valence electrons. The van der Waals surface area contributed by atoms with E-state index >= 15 is 0 Å². The van der Waals surface area contributed by atoms with Crippen LogP contribution in [0.2, 0.25) is 0 Å². The number of nitrogens with zero attached hydrogens (tertiary/aromatic N) is 1. The van der Waals surface area contributed by atoms with Crippen LogP contribution in [0.3, 0.4) is 0 Å². The number of amides is 1. The van der Waals surface area contributed by atoms with E-state index in [1.165, 1.54) is 19.3 Å². The van der Waals surface area contributed by atoms with Crippen molar-refractivity contribution in [2.75, 3.05) is 7.11 Å². The fraction of sp³-hybridized carbons (Fsp3) is 0.167. The van der Waals surface area contributed by atoms with Crippen LogP contribution in [0.1, 0.15) is 27.4 Å². The Morgan fingerprint density at radius 1 is 1.33 bits per heavy atom. The topological polar surface area (TPSA) is 92.3 Å². The van der Waals surface area contributed by atoms with Gasteiger partial charge < -0.3 is 14.5 Å². The number of ether oxygens (including phenoxy) is 1. The van der Waals surface area contributed by atoms with Gasteiger partial charge in [0.2, 0.25) is 0 Å². The molecule has 1 heterocycles. The lowest BCUT2D eigenvalue weighted by atomic mass is 10.2. The van der Waals surface area contributed by atoms with Gasteiger partial charge in [-0.25, -0.2) is 4.79 Å². The van der Waals surface area contributed by atoms with Crippen molar-refractivity contribution in [3.8, 4) is 6.07 Å². The Balaban J connectivity index is 2.13. The highest BCUT2D eigenvalue weighted by Gasteiger charge is 2.16. The molecule has 0 saturated heterocycles. The van der Waals surface area contributed by atoms with Gasteiger partial charge >= 0.3 is 5.97 Å². The molecule has 2 rings (SSSR count). The first-order valence-electron chi connectivity index (χ1n) is 7.17. The van der Waals surface area contributed by atoms with Crippen LogP contribution in [0, 0.1) is 18.3 Å². The molecule has 6 nitrogen and oxygen atoms in total. The first-order chi connectivity index (χ1) is 11.5. The van der Waals surface area contributed by atoms with Crippen molar-refractivity contribution in [2.24, 2.45) is 0 Å². The Hall–Kier alpha value is -3.33. The van der Waals surface area contributed by atoms with E-state index in [1.807, 2.05) is 36.4 Å². The number of hydrogen-bond donors (Lipinski definition) is 1. The maximum atomic E-state index is 12.1. The fourth-order valence-electron chi connectivity index (χ4n) is 2.05. The summed E-state index contributed by atoms with van der Waals surface area (Å²) in [5.41, 5.74) is 1.06. The third-order valence-corrected chi connectivity index (χ3v) is 3.29. The van der Waals surface area contributed by atoms with E-state index in [2.05, 4.69) is 10.1 Å². The molecule has 0 radical (unpaired) electrons. The van der Waals surface area contributed by atoms with Crippen molar-refractivity contribution in [1.29, 1.82) is 5.26 Å². The van der Waals surface area contributed by atoms with Crippen molar-refractivity contribution < 1.29 is 18.7 Å². The number of hydrogen-bond acceptors (Lipinski definition) is 5. The summed E-state index contributed by atoms with van der Waals surface area (Å²) in [6.45, 7) is 1.91. The number of methoxy groups -OCH3 is 1. The summed E-state index contributed by atoms with van der Waals surface area (Å²) in [6, 6.07) is 12.6. The number of esters is 1. The van der Waals surface area contributed by atoms with E-state index in [9.17, 15) is 14.9 Å². The van der Waals surface area contributed by atoms with Gasteiger partial charge in [0.05, 0.1) is 7.11 Å². The molecule has 0 aliphatic rings. The molecule has 0 fully saturated rings. The number of nitrogens with one attached hydrogen (secondary N) is 1. The largest absolute Gasteiger partial charge is 0.465 e. The molecule has 6 heteroatoms. The van der Waals surface area contributed by atoms with E-state index in [1.54, 1.807) is 6.92 Å². The molecule has 1 amide bonds. The Kier molecular flexibility index (Phi) is 5.53. The maximum Gasteiger partial charge on any atom is 0.341 e. The van der Waals surface area contributed by atoms with E-state index in [0.717, 1.165) is 5.56 Å². The van der Waals surface area contributed by atoms with E-state index < -0.39 is 11.9 Å². The second kappa shape index (κ2) is 7.79. The van der Waals surface area contributed by atoms with Crippen LogP contribution < -0.4 is 5.32 Å².